The minimum absolute atomic E-state index is 0.0582. The first kappa shape index (κ1) is 17.1. The Morgan fingerprint density at radius 2 is 1.91 bits per heavy atom. The number of pyridine rings is 1. The maximum absolute atomic E-state index is 12.3. The quantitative estimate of drug-likeness (QED) is 0.561. The summed E-state index contributed by atoms with van der Waals surface area (Å²) in [6.07, 6.45) is -2.95. The molecule has 22 heavy (non-hydrogen) atoms. The number of amides is 1. The van der Waals surface area contributed by atoms with Crippen molar-refractivity contribution in [2.24, 2.45) is 0 Å². The zero-order valence-corrected chi connectivity index (χ0v) is 14.0. The monoisotopic (exact) mass is 438 g/mol. The largest absolute Gasteiger partial charge is 0.398 e. The number of halogens is 4. The third-order valence-electron chi connectivity index (χ3n) is 2.49. The van der Waals surface area contributed by atoms with Crippen LogP contribution in [0.2, 0.25) is 0 Å². The maximum Gasteiger partial charge on any atom is 0.398 e. The van der Waals surface area contributed by atoms with Crippen molar-refractivity contribution in [1.82, 2.24) is 4.98 Å². The molecule has 0 unspecified atom stereocenters. The second-order valence-electron chi connectivity index (χ2n) is 4.22. The van der Waals surface area contributed by atoms with Gasteiger partial charge in [-0.3, -0.25) is 4.79 Å². The van der Waals surface area contributed by atoms with Gasteiger partial charge in [0.15, 0.2) is 0 Å². The molecule has 0 radical (unpaired) electrons. The molecule has 116 valence electrons. The smallest absolute Gasteiger partial charge is 0.322 e. The Kier molecular flexibility index (Phi) is 5.68. The Hall–Kier alpha value is -1.29. The number of rotatable bonds is 4. The van der Waals surface area contributed by atoms with Crippen LogP contribution >= 0.6 is 34.4 Å². The highest BCUT2D eigenvalue weighted by Gasteiger charge is 2.28. The van der Waals surface area contributed by atoms with E-state index in [0.717, 1.165) is 3.57 Å². The molecule has 0 fully saturated rings. The van der Waals surface area contributed by atoms with Crippen molar-refractivity contribution in [2.45, 2.75) is 11.2 Å². The van der Waals surface area contributed by atoms with Crippen molar-refractivity contribution in [3.05, 3.63) is 51.7 Å². The first-order chi connectivity index (χ1) is 10.3. The van der Waals surface area contributed by atoms with Crippen molar-refractivity contribution >= 4 is 45.9 Å². The van der Waals surface area contributed by atoms with Gasteiger partial charge in [0, 0.05) is 15.5 Å². The van der Waals surface area contributed by atoms with E-state index in [1.54, 1.807) is 12.1 Å². The zero-order valence-electron chi connectivity index (χ0n) is 11.0. The highest BCUT2D eigenvalue weighted by Crippen LogP contribution is 2.28. The Labute approximate surface area is 142 Å². The van der Waals surface area contributed by atoms with Gasteiger partial charge >= 0.3 is 6.18 Å². The Morgan fingerprint density at radius 3 is 2.55 bits per heavy atom. The lowest BCUT2D eigenvalue weighted by molar-refractivity contribution is -0.105. The molecule has 0 aliphatic rings. The molecule has 0 bridgehead atoms. The van der Waals surface area contributed by atoms with Gasteiger partial charge in [-0.05, 0) is 59.0 Å². The molecule has 0 atom stereocenters. The lowest BCUT2D eigenvalue weighted by Crippen LogP contribution is -2.15. The van der Waals surface area contributed by atoms with E-state index in [0.29, 0.717) is 17.4 Å². The number of hydrogen-bond donors (Lipinski definition) is 1. The molecular formula is C14H10F3IN2OS. The number of aromatic nitrogens is 1. The van der Waals surface area contributed by atoms with Crippen LogP contribution in [-0.4, -0.2) is 22.8 Å². The molecule has 0 saturated heterocycles. The molecule has 1 aromatic heterocycles. The Morgan fingerprint density at radius 1 is 1.23 bits per heavy atom. The molecule has 0 aliphatic carbocycles. The molecule has 0 saturated carbocycles. The van der Waals surface area contributed by atoms with Gasteiger partial charge < -0.3 is 5.32 Å². The summed E-state index contributed by atoms with van der Waals surface area (Å²) in [5, 5.41) is 2.70. The summed E-state index contributed by atoms with van der Waals surface area (Å²) >= 11 is 2.63. The standard InChI is InChI=1S/C14H10F3IN2OS/c15-14(16,17)8-22-13-11(2-1-7-19-13)12(21)20-10-5-3-9(18)4-6-10/h1-7H,8H2,(H,20,21). The second-order valence-corrected chi connectivity index (χ2v) is 6.43. The summed E-state index contributed by atoms with van der Waals surface area (Å²) in [4.78, 5) is 16.1. The van der Waals surface area contributed by atoms with E-state index < -0.39 is 17.8 Å². The van der Waals surface area contributed by atoms with Gasteiger partial charge in [-0.15, -0.1) is 0 Å². The summed E-state index contributed by atoms with van der Waals surface area (Å²) < 4.78 is 37.9. The normalized spacial score (nSPS) is 11.3. The topological polar surface area (TPSA) is 42.0 Å². The number of benzene rings is 1. The number of thioether (sulfide) groups is 1. The van der Waals surface area contributed by atoms with Crippen LogP contribution in [0, 0.1) is 3.57 Å². The van der Waals surface area contributed by atoms with Crippen molar-refractivity contribution in [1.29, 1.82) is 0 Å². The molecule has 1 N–H and O–H groups in total. The highest BCUT2D eigenvalue weighted by atomic mass is 127. The molecule has 2 rings (SSSR count). The van der Waals surface area contributed by atoms with Crippen LogP contribution in [0.1, 0.15) is 10.4 Å². The SMILES string of the molecule is O=C(Nc1ccc(I)cc1)c1cccnc1SCC(F)(F)F. The number of anilines is 1. The number of alkyl halides is 3. The van der Waals surface area contributed by atoms with E-state index in [1.165, 1.54) is 18.3 Å². The van der Waals surface area contributed by atoms with Crippen LogP contribution in [0.5, 0.6) is 0 Å². The lowest BCUT2D eigenvalue weighted by Gasteiger charge is -2.10. The number of nitrogens with one attached hydrogen (secondary N) is 1. The summed E-state index contributed by atoms with van der Waals surface area (Å²) in [6, 6.07) is 10.0. The lowest BCUT2D eigenvalue weighted by atomic mass is 10.2. The van der Waals surface area contributed by atoms with E-state index in [-0.39, 0.29) is 10.6 Å². The fourth-order valence-electron chi connectivity index (χ4n) is 1.56. The molecule has 0 spiro atoms. The summed E-state index contributed by atoms with van der Waals surface area (Å²) in [6.45, 7) is 0. The first-order valence-electron chi connectivity index (χ1n) is 6.06. The van der Waals surface area contributed by atoms with Crippen LogP contribution in [-0.2, 0) is 0 Å². The van der Waals surface area contributed by atoms with Crippen molar-refractivity contribution < 1.29 is 18.0 Å². The fourth-order valence-corrected chi connectivity index (χ4v) is 2.67. The van der Waals surface area contributed by atoms with Crippen molar-refractivity contribution in [2.75, 3.05) is 11.1 Å². The second kappa shape index (κ2) is 7.32. The van der Waals surface area contributed by atoms with Gasteiger partial charge in [0.25, 0.3) is 5.91 Å². The zero-order chi connectivity index (χ0) is 16.2. The van der Waals surface area contributed by atoms with Crippen LogP contribution < -0.4 is 5.32 Å². The summed E-state index contributed by atoms with van der Waals surface area (Å²) in [5.41, 5.74) is 0.691. The highest BCUT2D eigenvalue weighted by molar-refractivity contribution is 14.1. The van der Waals surface area contributed by atoms with Crippen LogP contribution in [0.25, 0.3) is 0 Å². The Bertz CT molecular complexity index is 662. The summed E-state index contributed by atoms with van der Waals surface area (Å²) in [5.74, 6) is -1.58. The summed E-state index contributed by atoms with van der Waals surface area (Å²) in [7, 11) is 0. The van der Waals surface area contributed by atoms with E-state index in [9.17, 15) is 18.0 Å². The third kappa shape index (κ3) is 5.16. The number of carbonyl (C=O) groups excluding carboxylic acids is 1. The van der Waals surface area contributed by atoms with Crippen molar-refractivity contribution in [3.63, 3.8) is 0 Å². The molecule has 8 heteroatoms. The number of nitrogens with zero attached hydrogens (tertiary/aromatic N) is 1. The van der Waals surface area contributed by atoms with Gasteiger partial charge in [0.2, 0.25) is 0 Å². The number of carbonyl (C=O) groups is 1. The average Bonchev–Trinajstić information content (AvgIpc) is 2.47. The molecule has 2 aromatic rings. The minimum Gasteiger partial charge on any atom is -0.322 e. The molecule has 1 amide bonds. The fraction of sp³-hybridized carbons (Fsp3) is 0.143. The van der Waals surface area contributed by atoms with Crippen molar-refractivity contribution in [3.8, 4) is 0 Å². The van der Waals surface area contributed by atoms with Gasteiger partial charge in [-0.25, -0.2) is 4.98 Å². The van der Waals surface area contributed by atoms with Gasteiger partial charge in [-0.2, -0.15) is 13.2 Å². The minimum atomic E-state index is -4.31. The predicted molar refractivity (Wildman–Crippen MR) is 88.1 cm³/mol. The molecule has 3 nitrogen and oxygen atoms in total. The van der Waals surface area contributed by atoms with E-state index in [2.05, 4.69) is 32.9 Å². The Balaban J connectivity index is 2.13. The maximum atomic E-state index is 12.3. The first-order valence-corrected chi connectivity index (χ1v) is 8.13. The van der Waals surface area contributed by atoms with Crippen LogP contribution in [0.3, 0.4) is 0 Å². The predicted octanol–water partition coefficient (Wildman–Crippen LogP) is 4.59. The molecule has 0 aliphatic heterocycles. The molecule has 1 aromatic carbocycles. The van der Waals surface area contributed by atoms with Crippen LogP contribution in [0.15, 0.2) is 47.6 Å². The van der Waals surface area contributed by atoms with Gasteiger partial charge in [-0.1, -0.05) is 11.8 Å². The average molecular weight is 438 g/mol. The van der Waals surface area contributed by atoms with Crippen LogP contribution in [0.4, 0.5) is 18.9 Å². The van der Waals surface area contributed by atoms with E-state index in [4.69, 9.17) is 0 Å². The molecular weight excluding hydrogens is 428 g/mol. The van der Waals surface area contributed by atoms with Gasteiger partial charge in [0.1, 0.15) is 5.03 Å². The van der Waals surface area contributed by atoms with Gasteiger partial charge in [0.05, 0.1) is 11.3 Å². The van der Waals surface area contributed by atoms with E-state index >= 15 is 0 Å². The molecule has 1 heterocycles. The number of hydrogen-bond acceptors (Lipinski definition) is 3. The third-order valence-corrected chi connectivity index (χ3v) is 4.28. The van der Waals surface area contributed by atoms with E-state index in [1.807, 2.05) is 12.1 Å².